The Bertz CT molecular complexity index is 406. The first kappa shape index (κ1) is 16.4. The first-order chi connectivity index (χ1) is 8.73. The summed E-state index contributed by atoms with van der Waals surface area (Å²) in [5.74, 6) is 0.301. The predicted molar refractivity (Wildman–Crippen MR) is 76.5 cm³/mol. The molecule has 1 rings (SSSR count). The molecule has 3 unspecified atom stereocenters. The van der Waals surface area contributed by atoms with Crippen molar-refractivity contribution in [2.45, 2.75) is 51.6 Å². The van der Waals surface area contributed by atoms with Crippen molar-refractivity contribution in [3.05, 3.63) is 0 Å². The summed E-state index contributed by atoms with van der Waals surface area (Å²) in [7, 11) is -1.22. The maximum atomic E-state index is 12.2. The van der Waals surface area contributed by atoms with Crippen molar-refractivity contribution >= 4 is 15.7 Å². The van der Waals surface area contributed by atoms with Crippen molar-refractivity contribution in [3.63, 3.8) is 0 Å². The Kier molecular flexibility index (Phi) is 5.80. The lowest BCUT2D eigenvalue weighted by Gasteiger charge is -2.26. The highest BCUT2D eigenvalue weighted by Crippen LogP contribution is 2.20. The van der Waals surface area contributed by atoms with Crippen LogP contribution < -0.4 is 5.73 Å². The smallest absolute Gasteiger partial charge is 0.225 e. The van der Waals surface area contributed by atoms with Gasteiger partial charge in [0.1, 0.15) is 0 Å². The summed E-state index contributed by atoms with van der Waals surface area (Å²) in [6, 6.07) is 0.0217. The molecule has 6 heteroatoms. The summed E-state index contributed by atoms with van der Waals surface area (Å²) < 4.78 is 22.9. The van der Waals surface area contributed by atoms with E-state index in [9.17, 15) is 13.2 Å². The normalized spacial score (nSPS) is 24.9. The Morgan fingerprint density at radius 2 is 2.00 bits per heavy atom. The minimum atomic E-state index is -2.94. The summed E-state index contributed by atoms with van der Waals surface area (Å²) in [4.78, 5) is 13.8. The van der Waals surface area contributed by atoms with E-state index in [0.29, 0.717) is 6.42 Å². The predicted octanol–water partition coefficient (Wildman–Crippen LogP) is 0.786. The lowest BCUT2D eigenvalue weighted by atomic mass is 10.00. The summed E-state index contributed by atoms with van der Waals surface area (Å²) >= 11 is 0. The number of sulfone groups is 1. The Balaban J connectivity index is 2.43. The van der Waals surface area contributed by atoms with Gasteiger partial charge in [-0.3, -0.25) is 4.79 Å². The highest BCUT2D eigenvalue weighted by atomic mass is 32.2. The van der Waals surface area contributed by atoms with Gasteiger partial charge in [-0.05, 0) is 26.2 Å². The van der Waals surface area contributed by atoms with Crippen LogP contribution in [0, 0.1) is 5.92 Å². The first-order valence-corrected chi connectivity index (χ1v) is 8.77. The molecular formula is C13H26N2O3S. The minimum absolute atomic E-state index is 0.0479. The van der Waals surface area contributed by atoms with Crippen molar-refractivity contribution in [1.82, 2.24) is 4.90 Å². The third-order valence-electron chi connectivity index (χ3n) is 3.82. The molecule has 1 amide bonds. The third kappa shape index (κ3) is 5.10. The second-order valence-corrected chi connectivity index (χ2v) is 8.04. The van der Waals surface area contributed by atoms with Crippen LogP contribution in [0.1, 0.15) is 39.5 Å². The van der Waals surface area contributed by atoms with Crippen molar-refractivity contribution in [1.29, 1.82) is 0 Å². The number of amides is 1. The number of carbonyl (C=O) groups excluding carboxylic acids is 1. The van der Waals surface area contributed by atoms with Gasteiger partial charge in [0, 0.05) is 25.0 Å². The van der Waals surface area contributed by atoms with E-state index in [1.54, 1.807) is 11.9 Å². The monoisotopic (exact) mass is 290 g/mol. The van der Waals surface area contributed by atoms with Crippen LogP contribution in [0.25, 0.3) is 0 Å². The largest absolute Gasteiger partial charge is 0.341 e. The molecule has 0 aromatic heterocycles. The molecule has 0 radical (unpaired) electrons. The van der Waals surface area contributed by atoms with Gasteiger partial charge in [0.05, 0.1) is 11.5 Å². The number of hydrogen-bond acceptors (Lipinski definition) is 4. The van der Waals surface area contributed by atoms with Gasteiger partial charge in [0.25, 0.3) is 0 Å². The van der Waals surface area contributed by atoms with Gasteiger partial charge in [-0.15, -0.1) is 0 Å². The summed E-state index contributed by atoms with van der Waals surface area (Å²) in [5.41, 5.74) is 5.68. The first-order valence-electron chi connectivity index (χ1n) is 6.95. The van der Waals surface area contributed by atoms with E-state index in [2.05, 4.69) is 0 Å². The molecule has 1 heterocycles. The van der Waals surface area contributed by atoms with Gasteiger partial charge in [-0.2, -0.15) is 0 Å². The van der Waals surface area contributed by atoms with E-state index >= 15 is 0 Å². The Hall–Kier alpha value is -0.620. The molecular weight excluding hydrogens is 264 g/mol. The fraction of sp³-hybridized carbons (Fsp3) is 0.923. The molecule has 2 N–H and O–H groups in total. The SMILES string of the molecule is CC(N)CCCC(C)C(=O)N(C)C1CCS(=O)(=O)C1. The van der Waals surface area contributed by atoms with Crippen LogP contribution in [0.5, 0.6) is 0 Å². The fourth-order valence-electron chi connectivity index (χ4n) is 2.48. The maximum absolute atomic E-state index is 12.2. The van der Waals surface area contributed by atoms with Crippen molar-refractivity contribution in [3.8, 4) is 0 Å². The highest BCUT2D eigenvalue weighted by molar-refractivity contribution is 7.91. The molecule has 0 aromatic carbocycles. The van der Waals surface area contributed by atoms with E-state index in [4.69, 9.17) is 5.73 Å². The average molecular weight is 290 g/mol. The molecule has 0 saturated carbocycles. The number of hydrogen-bond donors (Lipinski definition) is 1. The van der Waals surface area contributed by atoms with E-state index in [0.717, 1.165) is 19.3 Å². The summed E-state index contributed by atoms with van der Waals surface area (Å²) in [6.07, 6.45) is 3.22. The van der Waals surface area contributed by atoms with Gasteiger partial charge in [-0.1, -0.05) is 13.3 Å². The van der Waals surface area contributed by atoms with Gasteiger partial charge in [0.2, 0.25) is 5.91 Å². The van der Waals surface area contributed by atoms with Gasteiger partial charge in [0.15, 0.2) is 9.84 Å². The van der Waals surface area contributed by atoms with Crippen LogP contribution >= 0.6 is 0 Å². The number of rotatable bonds is 6. The van der Waals surface area contributed by atoms with E-state index < -0.39 is 9.84 Å². The molecule has 0 spiro atoms. The molecule has 1 aliphatic heterocycles. The Morgan fingerprint density at radius 1 is 1.37 bits per heavy atom. The van der Waals surface area contributed by atoms with Crippen LogP contribution in [0.2, 0.25) is 0 Å². The second-order valence-electron chi connectivity index (χ2n) is 5.82. The molecule has 0 aromatic rings. The fourth-order valence-corrected chi connectivity index (χ4v) is 4.25. The number of nitrogens with two attached hydrogens (primary N) is 1. The summed E-state index contributed by atoms with van der Waals surface area (Å²) in [5, 5.41) is 0. The molecule has 5 nitrogen and oxygen atoms in total. The van der Waals surface area contributed by atoms with Crippen molar-refractivity contribution in [2.75, 3.05) is 18.6 Å². The zero-order valence-electron chi connectivity index (χ0n) is 12.1. The third-order valence-corrected chi connectivity index (χ3v) is 5.57. The lowest BCUT2D eigenvalue weighted by Crippen LogP contribution is -2.40. The van der Waals surface area contributed by atoms with E-state index in [1.807, 2.05) is 13.8 Å². The zero-order valence-corrected chi connectivity index (χ0v) is 12.9. The molecule has 1 saturated heterocycles. The van der Waals surface area contributed by atoms with Crippen LogP contribution in [0.3, 0.4) is 0 Å². The van der Waals surface area contributed by atoms with Crippen molar-refractivity contribution < 1.29 is 13.2 Å². The van der Waals surface area contributed by atoms with Crippen LogP contribution in [-0.2, 0) is 14.6 Å². The number of nitrogens with zero attached hydrogens (tertiary/aromatic N) is 1. The number of carbonyl (C=O) groups is 1. The molecule has 1 aliphatic rings. The van der Waals surface area contributed by atoms with Crippen LogP contribution in [-0.4, -0.2) is 49.9 Å². The zero-order chi connectivity index (χ0) is 14.6. The molecule has 1 fully saturated rings. The molecule has 0 bridgehead atoms. The molecule has 112 valence electrons. The summed E-state index contributed by atoms with van der Waals surface area (Å²) in [6.45, 7) is 3.87. The topological polar surface area (TPSA) is 80.5 Å². The highest BCUT2D eigenvalue weighted by Gasteiger charge is 2.33. The minimum Gasteiger partial charge on any atom is -0.341 e. The standard InChI is InChI=1S/C13H26N2O3S/c1-10(5-4-6-11(2)14)13(16)15(3)12-7-8-19(17,18)9-12/h10-12H,4-9,14H2,1-3H3. The molecule has 3 atom stereocenters. The van der Waals surface area contributed by atoms with Gasteiger partial charge in [-0.25, -0.2) is 8.42 Å². The second kappa shape index (κ2) is 6.70. The Labute approximate surface area is 116 Å². The molecule has 0 aliphatic carbocycles. The Morgan fingerprint density at radius 3 is 2.47 bits per heavy atom. The van der Waals surface area contributed by atoms with Gasteiger partial charge >= 0.3 is 0 Å². The van der Waals surface area contributed by atoms with Crippen molar-refractivity contribution in [2.24, 2.45) is 11.7 Å². The lowest BCUT2D eigenvalue weighted by molar-refractivity contribution is -0.135. The van der Waals surface area contributed by atoms with E-state index in [-0.39, 0.29) is 35.4 Å². The quantitative estimate of drug-likeness (QED) is 0.784. The van der Waals surface area contributed by atoms with Crippen LogP contribution in [0.4, 0.5) is 0 Å². The van der Waals surface area contributed by atoms with Crippen LogP contribution in [0.15, 0.2) is 0 Å². The van der Waals surface area contributed by atoms with Gasteiger partial charge < -0.3 is 10.6 Å². The van der Waals surface area contributed by atoms with E-state index in [1.165, 1.54) is 0 Å². The maximum Gasteiger partial charge on any atom is 0.225 e. The average Bonchev–Trinajstić information content (AvgIpc) is 2.67. The molecule has 19 heavy (non-hydrogen) atoms.